The number of benzene rings is 4. The van der Waals surface area contributed by atoms with E-state index in [9.17, 15) is 31.9 Å². The van der Waals surface area contributed by atoms with Crippen LogP contribution in [0.4, 0.5) is 22.0 Å². The summed E-state index contributed by atoms with van der Waals surface area (Å²) >= 11 is 0. The van der Waals surface area contributed by atoms with Gasteiger partial charge in [0.05, 0.1) is 0 Å². The molecule has 2 aliphatic heterocycles. The van der Waals surface area contributed by atoms with Crippen molar-refractivity contribution in [3.8, 4) is 39.8 Å². The topological polar surface area (TPSA) is 105 Å². The molecule has 4 aromatic carbocycles. The van der Waals surface area contributed by atoms with Crippen molar-refractivity contribution in [2.45, 2.75) is 65.0 Å². The van der Waals surface area contributed by atoms with Crippen LogP contribution in [0.1, 0.15) is 47.1 Å². The van der Waals surface area contributed by atoms with Crippen molar-refractivity contribution in [3.05, 3.63) is 88.5 Å². The zero-order valence-corrected chi connectivity index (χ0v) is 29.3. The predicted molar refractivity (Wildman–Crippen MR) is 190 cm³/mol. The third kappa shape index (κ3) is 6.68. The van der Waals surface area contributed by atoms with Crippen molar-refractivity contribution in [1.82, 2.24) is 19.8 Å². The number of rotatable bonds is 10. The number of carbonyl (C=O) groups is 1. The number of nitrogens with zero attached hydrogens (tertiary/aromatic N) is 4. The van der Waals surface area contributed by atoms with Gasteiger partial charge < -0.3 is 18.7 Å². The summed E-state index contributed by atoms with van der Waals surface area (Å²) in [6.45, 7) is 3.31. The summed E-state index contributed by atoms with van der Waals surface area (Å²) in [5.41, 5.74) is 4.73. The van der Waals surface area contributed by atoms with Gasteiger partial charge in [-0.2, -0.15) is 22.0 Å². The molecule has 54 heavy (non-hydrogen) atoms. The van der Waals surface area contributed by atoms with E-state index in [1.54, 1.807) is 29.2 Å². The number of aromatic nitrogens is 2. The van der Waals surface area contributed by atoms with E-state index in [1.165, 1.54) is 6.07 Å². The summed E-state index contributed by atoms with van der Waals surface area (Å²) in [6, 6.07) is 16.0. The molecule has 0 saturated carbocycles. The quantitative estimate of drug-likeness (QED) is 0.137. The van der Waals surface area contributed by atoms with Crippen molar-refractivity contribution < 1.29 is 45.4 Å². The first-order chi connectivity index (χ1) is 25.8. The molecule has 1 atom stereocenters. The lowest BCUT2D eigenvalue weighted by Gasteiger charge is -2.30. The molecule has 1 N–H and O–H groups in total. The number of hydrogen-bond acceptors (Lipinski definition) is 8. The first kappa shape index (κ1) is 35.7. The Morgan fingerprint density at radius 2 is 1.52 bits per heavy atom. The zero-order chi connectivity index (χ0) is 37.9. The van der Waals surface area contributed by atoms with Crippen LogP contribution < -0.4 is 4.74 Å². The summed E-state index contributed by atoms with van der Waals surface area (Å²) in [7, 11) is 0. The lowest BCUT2D eigenvalue weighted by Crippen LogP contribution is -2.36. The van der Waals surface area contributed by atoms with Gasteiger partial charge in [-0.3, -0.25) is 14.6 Å². The maximum absolute atomic E-state index is 14.2. The molecule has 0 amide bonds. The molecule has 9 nitrogen and oxygen atoms in total. The molecule has 4 heterocycles. The van der Waals surface area contributed by atoms with E-state index in [0.717, 1.165) is 47.8 Å². The van der Waals surface area contributed by atoms with Gasteiger partial charge in [0.15, 0.2) is 11.2 Å². The highest BCUT2D eigenvalue weighted by molar-refractivity contribution is 5.86. The molecule has 8 rings (SSSR count). The van der Waals surface area contributed by atoms with Crippen LogP contribution in [0.3, 0.4) is 0 Å². The number of carboxylic acids is 1. The number of aliphatic carboxylic acids is 1. The largest absolute Gasteiger partial charge is 0.480 e. The summed E-state index contributed by atoms with van der Waals surface area (Å²) in [5, 5.41) is 9.64. The van der Waals surface area contributed by atoms with E-state index in [1.807, 2.05) is 38.1 Å². The van der Waals surface area contributed by atoms with Gasteiger partial charge in [-0.05, 0) is 111 Å². The van der Waals surface area contributed by atoms with Gasteiger partial charge in [0.25, 0.3) is 0 Å². The fourth-order valence-electron chi connectivity index (χ4n) is 7.58. The average Bonchev–Trinajstić information content (AvgIpc) is 3.84. The third-order valence-corrected chi connectivity index (χ3v) is 10.4. The van der Waals surface area contributed by atoms with Crippen molar-refractivity contribution in [2.75, 3.05) is 19.6 Å². The molecule has 2 aromatic heterocycles. The zero-order valence-electron chi connectivity index (χ0n) is 29.3. The lowest BCUT2D eigenvalue weighted by atomic mass is 9.91. The standard InChI is InChI=1S/C40H35F5N4O5/c1-21-25(26-8-4-10-28(22(26)2)37-47-31-16-23(19-48-12-6-13-48)15-29(35(31)54-37)40(43,44)45)7-3-9-27(21)36-46-30-17-24(20-49-14-5-11-32(49)38(50)51)33(53-39(41)42)18-34(30)52-36/h3-4,7-10,15-18,32,39H,5-6,11-14,19-20H2,1-2H3,(H,50,51)/t32-/m0/s1. The van der Waals surface area contributed by atoms with Crippen molar-refractivity contribution >= 4 is 28.2 Å². The maximum Gasteiger partial charge on any atom is 0.420 e. The summed E-state index contributed by atoms with van der Waals surface area (Å²) < 4.78 is 86.5. The first-order valence-corrected chi connectivity index (χ1v) is 17.6. The van der Waals surface area contributed by atoms with Gasteiger partial charge in [0.1, 0.15) is 28.4 Å². The molecule has 0 spiro atoms. The summed E-state index contributed by atoms with van der Waals surface area (Å²) in [5.74, 6) is -0.788. The minimum absolute atomic E-state index is 0.0740. The molecule has 14 heteroatoms. The van der Waals surface area contributed by atoms with E-state index in [4.69, 9.17) is 18.6 Å². The van der Waals surface area contributed by atoms with E-state index >= 15 is 0 Å². The highest BCUT2D eigenvalue weighted by Gasteiger charge is 2.36. The maximum atomic E-state index is 14.2. The van der Waals surface area contributed by atoms with E-state index in [0.29, 0.717) is 53.7 Å². The fourth-order valence-corrected chi connectivity index (χ4v) is 7.58. The Kier molecular flexibility index (Phi) is 9.13. The summed E-state index contributed by atoms with van der Waals surface area (Å²) in [6.07, 6.45) is -2.48. The molecule has 6 aromatic rings. The Labute approximate surface area is 306 Å². The molecule has 2 fully saturated rings. The second kappa shape index (κ2) is 13.8. The second-order valence-electron chi connectivity index (χ2n) is 13.9. The normalized spacial score (nSPS) is 16.9. The molecule has 2 saturated heterocycles. The minimum Gasteiger partial charge on any atom is -0.480 e. The number of ether oxygens (including phenoxy) is 1. The van der Waals surface area contributed by atoms with E-state index < -0.39 is 30.4 Å². The van der Waals surface area contributed by atoms with Crippen molar-refractivity contribution in [3.63, 3.8) is 0 Å². The SMILES string of the molecule is Cc1c(-c2nc3cc(CN4CCC[C@H]4C(=O)O)c(OC(F)F)cc3o2)cccc1-c1cccc(-c2nc3cc(CN4CCC4)cc(C(F)(F)F)c3o2)c1C. The van der Waals surface area contributed by atoms with Gasteiger partial charge in [0, 0.05) is 35.8 Å². The van der Waals surface area contributed by atoms with Crippen LogP contribution in [0.5, 0.6) is 5.75 Å². The van der Waals surface area contributed by atoms with Crippen LogP contribution >= 0.6 is 0 Å². The Morgan fingerprint density at radius 1 is 0.870 bits per heavy atom. The van der Waals surface area contributed by atoms with Crippen LogP contribution in [0.2, 0.25) is 0 Å². The molecule has 0 bridgehead atoms. The van der Waals surface area contributed by atoms with Crippen LogP contribution in [0.15, 0.2) is 69.5 Å². The lowest BCUT2D eigenvalue weighted by molar-refractivity contribution is -0.142. The number of hydrogen-bond donors (Lipinski definition) is 1. The van der Waals surface area contributed by atoms with Crippen molar-refractivity contribution in [1.29, 1.82) is 0 Å². The third-order valence-electron chi connectivity index (χ3n) is 10.4. The number of likely N-dealkylation sites (tertiary alicyclic amines) is 2. The van der Waals surface area contributed by atoms with Gasteiger partial charge >= 0.3 is 18.8 Å². The molecule has 2 aliphatic rings. The molecule has 0 aliphatic carbocycles. The van der Waals surface area contributed by atoms with E-state index in [-0.39, 0.29) is 40.8 Å². The Balaban J connectivity index is 1.15. The summed E-state index contributed by atoms with van der Waals surface area (Å²) in [4.78, 5) is 24.8. The van der Waals surface area contributed by atoms with Gasteiger partial charge in [-0.15, -0.1) is 0 Å². The van der Waals surface area contributed by atoms with Crippen LogP contribution in [0.25, 0.3) is 56.2 Å². The molecule has 0 unspecified atom stereocenters. The van der Waals surface area contributed by atoms with Gasteiger partial charge in [0.2, 0.25) is 11.8 Å². The number of fused-ring (bicyclic) bond motifs is 2. The Hall–Kier alpha value is -5.34. The van der Waals surface area contributed by atoms with Gasteiger partial charge in [-0.1, -0.05) is 24.3 Å². The number of oxazole rings is 2. The highest BCUT2D eigenvalue weighted by Crippen LogP contribution is 2.41. The van der Waals surface area contributed by atoms with Crippen LogP contribution in [0, 0.1) is 13.8 Å². The Morgan fingerprint density at radius 3 is 2.13 bits per heavy atom. The van der Waals surface area contributed by atoms with E-state index in [2.05, 4.69) is 9.88 Å². The monoisotopic (exact) mass is 746 g/mol. The van der Waals surface area contributed by atoms with Crippen LogP contribution in [-0.2, 0) is 24.1 Å². The highest BCUT2D eigenvalue weighted by atomic mass is 19.4. The smallest absolute Gasteiger partial charge is 0.420 e. The number of carboxylic acid groups (broad SMARTS) is 1. The molecule has 280 valence electrons. The van der Waals surface area contributed by atoms with Gasteiger partial charge in [-0.25, -0.2) is 9.97 Å². The first-order valence-electron chi connectivity index (χ1n) is 17.6. The van der Waals surface area contributed by atoms with Crippen LogP contribution in [-0.4, -0.2) is 63.1 Å². The minimum atomic E-state index is -4.63. The Bertz CT molecular complexity index is 2400. The fraction of sp³-hybridized carbons (Fsp3) is 0.325. The number of alkyl halides is 5. The second-order valence-corrected chi connectivity index (χ2v) is 13.9. The van der Waals surface area contributed by atoms with Crippen molar-refractivity contribution in [2.24, 2.45) is 0 Å². The molecule has 0 radical (unpaired) electrons. The molecular weight excluding hydrogens is 711 g/mol. The molecular formula is C40H35F5N4O5. The number of halogens is 5. The average molecular weight is 747 g/mol. The predicted octanol–water partition coefficient (Wildman–Crippen LogP) is 9.46.